The normalized spacial score (nSPS) is 18.9. The number of aliphatic imine (C=N–C) groups is 1. The molecule has 9 heteroatoms. The van der Waals surface area contributed by atoms with Gasteiger partial charge in [-0.25, -0.2) is 13.8 Å². The van der Waals surface area contributed by atoms with Gasteiger partial charge in [-0.2, -0.15) is 0 Å². The van der Waals surface area contributed by atoms with Crippen molar-refractivity contribution in [3.8, 4) is 0 Å². The zero-order valence-corrected chi connectivity index (χ0v) is 18.8. The third-order valence-electron chi connectivity index (χ3n) is 4.72. The van der Waals surface area contributed by atoms with Crippen molar-refractivity contribution < 1.29 is 18.3 Å². The van der Waals surface area contributed by atoms with Crippen molar-refractivity contribution in [3.63, 3.8) is 0 Å². The Hall–Kier alpha value is -1.88. The fourth-order valence-corrected chi connectivity index (χ4v) is 3.24. The van der Waals surface area contributed by atoms with Crippen molar-refractivity contribution in [3.05, 3.63) is 54.0 Å². The van der Waals surface area contributed by atoms with E-state index >= 15 is 0 Å². The van der Waals surface area contributed by atoms with Crippen molar-refractivity contribution in [2.24, 2.45) is 4.99 Å². The number of hydrogen-bond donors (Lipinski definition) is 3. The lowest BCUT2D eigenvalue weighted by molar-refractivity contribution is 0.0437. The molecule has 0 saturated carbocycles. The minimum atomic E-state index is -1.22. The maximum absolute atomic E-state index is 14.0. The number of rotatable bonds is 6. The van der Waals surface area contributed by atoms with E-state index in [4.69, 9.17) is 4.42 Å². The van der Waals surface area contributed by atoms with Gasteiger partial charge >= 0.3 is 0 Å². The molecule has 0 amide bonds. The number of anilines is 1. The molecule has 1 saturated heterocycles. The minimum absolute atomic E-state index is 0. The summed E-state index contributed by atoms with van der Waals surface area (Å²) in [5.74, 6) is -0.123. The molecule has 6 nitrogen and oxygen atoms in total. The molecule has 2 unspecified atom stereocenters. The van der Waals surface area contributed by atoms with Crippen LogP contribution in [0.3, 0.4) is 0 Å². The third kappa shape index (κ3) is 6.05. The van der Waals surface area contributed by atoms with Crippen LogP contribution in [0.1, 0.15) is 26.0 Å². The molecular formula is C20H27F2IN4O2. The van der Waals surface area contributed by atoms with Gasteiger partial charge in [-0.15, -0.1) is 24.0 Å². The number of guanidine groups is 1. The fraction of sp³-hybridized carbons (Fsp3) is 0.450. The highest BCUT2D eigenvalue weighted by Gasteiger charge is 2.28. The smallest absolute Gasteiger partial charge is 0.191 e. The highest BCUT2D eigenvalue weighted by molar-refractivity contribution is 14.0. The Morgan fingerprint density at radius 3 is 2.83 bits per heavy atom. The van der Waals surface area contributed by atoms with Crippen LogP contribution in [0.15, 0.2) is 46.0 Å². The standard InChI is InChI=1S/C20H26F2N4O2.HI/c1-3-23-19(24-13-20(2,27)18-5-4-10-28-18)25-15-8-9-26(12-15)17-7-6-14(21)11-16(17)22;/h4-7,10-11,15,27H,3,8-9,12-13H2,1-2H3,(H2,23,24,25);1H. The highest BCUT2D eigenvalue weighted by atomic mass is 127. The first kappa shape index (κ1) is 23.4. The lowest BCUT2D eigenvalue weighted by Crippen LogP contribution is -2.45. The average molecular weight is 520 g/mol. The van der Waals surface area contributed by atoms with Crippen LogP contribution in [0, 0.1) is 11.6 Å². The molecule has 2 aromatic rings. The summed E-state index contributed by atoms with van der Waals surface area (Å²) >= 11 is 0. The molecule has 0 bridgehead atoms. The van der Waals surface area contributed by atoms with Crippen molar-refractivity contribution in [2.75, 3.05) is 31.1 Å². The number of nitrogens with zero attached hydrogens (tertiary/aromatic N) is 2. The van der Waals surface area contributed by atoms with Gasteiger partial charge in [-0.3, -0.25) is 0 Å². The molecule has 3 N–H and O–H groups in total. The number of furan rings is 1. The lowest BCUT2D eigenvalue weighted by Gasteiger charge is -2.22. The molecule has 0 spiro atoms. The molecule has 1 aromatic carbocycles. The third-order valence-corrected chi connectivity index (χ3v) is 4.72. The quantitative estimate of drug-likeness (QED) is 0.310. The van der Waals surface area contributed by atoms with Gasteiger partial charge in [0, 0.05) is 31.7 Å². The van der Waals surface area contributed by atoms with Crippen LogP contribution in [0.2, 0.25) is 0 Å². The van der Waals surface area contributed by atoms with E-state index in [9.17, 15) is 13.9 Å². The monoisotopic (exact) mass is 520 g/mol. The van der Waals surface area contributed by atoms with E-state index in [1.807, 2.05) is 11.8 Å². The summed E-state index contributed by atoms with van der Waals surface area (Å²) in [6.45, 7) is 5.62. The summed E-state index contributed by atoms with van der Waals surface area (Å²) in [5, 5.41) is 17.0. The minimum Gasteiger partial charge on any atom is -0.466 e. The van der Waals surface area contributed by atoms with Crippen LogP contribution in [-0.4, -0.2) is 43.3 Å². The number of hydrogen-bond acceptors (Lipinski definition) is 4. The van der Waals surface area contributed by atoms with Crippen LogP contribution >= 0.6 is 24.0 Å². The number of nitrogens with one attached hydrogen (secondary N) is 2. The first-order valence-electron chi connectivity index (χ1n) is 9.40. The van der Waals surface area contributed by atoms with E-state index in [-0.39, 0.29) is 36.6 Å². The largest absolute Gasteiger partial charge is 0.466 e. The number of benzene rings is 1. The second-order valence-electron chi connectivity index (χ2n) is 7.12. The first-order valence-corrected chi connectivity index (χ1v) is 9.40. The topological polar surface area (TPSA) is 73.0 Å². The van der Waals surface area contributed by atoms with Gasteiger partial charge in [0.15, 0.2) is 5.96 Å². The molecule has 1 aliphatic heterocycles. The molecule has 2 atom stereocenters. The van der Waals surface area contributed by atoms with E-state index in [0.717, 1.165) is 12.5 Å². The Morgan fingerprint density at radius 2 is 2.17 bits per heavy atom. The maximum atomic E-state index is 14.0. The van der Waals surface area contributed by atoms with E-state index in [2.05, 4.69) is 15.6 Å². The summed E-state index contributed by atoms with van der Waals surface area (Å²) < 4.78 is 32.4. The second kappa shape index (κ2) is 10.2. The van der Waals surface area contributed by atoms with Crippen LogP contribution < -0.4 is 15.5 Å². The second-order valence-corrected chi connectivity index (χ2v) is 7.12. The highest BCUT2D eigenvalue weighted by Crippen LogP contribution is 2.24. The summed E-state index contributed by atoms with van der Waals surface area (Å²) in [4.78, 5) is 6.36. The van der Waals surface area contributed by atoms with Crippen LogP contribution in [-0.2, 0) is 5.60 Å². The average Bonchev–Trinajstić information content (AvgIpc) is 3.32. The summed E-state index contributed by atoms with van der Waals surface area (Å²) in [6.07, 6.45) is 2.30. The van der Waals surface area contributed by atoms with Gasteiger partial charge < -0.3 is 25.1 Å². The summed E-state index contributed by atoms with van der Waals surface area (Å²) in [7, 11) is 0. The van der Waals surface area contributed by atoms with E-state index in [1.54, 1.807) is 19.1 Å². The molecule has 0 aliphatic carbocycles. The Morgan fingerprint density at radius 1 is 1.38 bits per heavy atom. The van der Waals surface area contributed by atoms with Gasteiger partial charge in [0.1, 0.15) is 23.0 Å². The predicted octanol–water partition coefficient (Wildman–Crippen LogP) is 3.22. The van der Waals surface area contributed by atoms with Gasteiger partial charge in [0.25, 0.3) is 0 Å². The Labute approximate surface area is 186 Å². The van der Waals surface area contributed by atoms with Gasteiger partial charge in [-0.05, 0) is 44.5 Å². The number of aliphatic hydroxyl groups is 1. The summed E-state index contributed by atoms with van der Waals surface area (Å²) in [5.41, 5.74) is -0.821. The van der Waals surface area contributed by atoms with Crippen molar-refractivity contribution >= 4 is 35.6 Å². The van der Waals surface area contributed by atoms with Gasteiger partial charge in [0.2, 0.25) is 0 Å². The molecular weight excluding hydrogens is 493 g/mol. The molecule has 2 heterocycles. The molecule has 3 rings (SSSR count). The Bertz CT molecular complexity index is 815. The maximum Gasteiger partial charge on any atom is 0.191 e. The van der Waals surface area contributed by atoms with Crippen molar-refractivity contribution in [1.29, 1.82) is 0 Å². The van der Waals surface area contributed by atoms with Crippen LogP contribution in [0.5, 0.6) is 0 Å². The van der Waals surface area contributed by atoms with Crippen LogP contribution in [0.4, 0.5) is 14.5 Å². The SMILES string of the molecule is CCNC(=NCC(C)(O)c1ccco1)NC1CCN(c2ccc(F)cc2F)C1.I. The molecule has 29 heavy (non-hydrogen) atoms. The van der Waals surface area contributed by atoms with Gasteiger partial charge in [-0.1, -0.05) is 0 Å². The zero-order chi connectivity index (χ0) is 20.1. The Balaban J connectivity index is 0.00000300. The van der Waals surface area contributed by atoms with Crippen LogP contribution in [0.25, 0.3) is 0 Å². The van der Waals surface area contributed by atoms with E-state index in [1.165, 1.54) is 18.4 Å². The fourth-order valence-electron chi connectivity index (χ4n) is 3.24. The molecule has 1 aromatic heterocycles. The molecule has 0 radical (unpaired) electrons. The number of halogens is 3. The predicted molar refractivity (Wildman–Crippen MR) is 120 cm³/mol. The zero-order valence-electron chi connectivity index (χ0n) is 16.5. The first-order chi connectivity index (χ1) is 13.4. The molecule has 160 valence electrons. The van der Waals surface area contributed by atoms with E-state index < -0.39 is 17.2 Å². The lowest BCUT2D eigenvalue weighted by atomic mass is 10.0. The summed E-state index contributed by atoms with van der Waals surface area (Å²) in [6, 6.07) is 7.11. The van der Waals surface area contributed by atoms with Crippen molar-refractivity contribution in [1.82, 2.24) is 10.6 Å². The molecule has 1 fully saturated rings. The van der Waals surface area contributed by atoms with E-state index in [0.29, 0.717) is 37.0 Å². The van der Waals surface area contributed by atoms with Crippen molar-refractivity contribution in [2.45, 2.75) is 31.9 Å². The van der Waals surface area contributed by atoms with Gasteiger partial charge in [0.05, 0.1) is 18.5 Å². The Kier molecular flexibility index (Phi) is 8.26. The molecule has 1 aliphatic rings.